The highest BCUT2D eigenvalue weighted by molar-refractivity contribution is 7.87. The molecule has 3 aromatic rings. The minimum Gasteiger partial charge on any atom is -0.396 e. The number of aromatic nitrogens is 4. The van der Waals surface area contributed by atoms with E-state index in [-0.39, 0.29) is 26.4 Å². The lowest BCUT2D eigenvalue weighted by atomic mass is 10.3. The van der Waals surface area contributed by atoms with Crippen LogP contribution in [0, 0.1) is 0 Å². The summed E-state index contributed by atoms with van der Waals surface area (Å²) in [5.74, 6) is 0.0760. The van der Waals surface area contributed by atoms with Crippen LogP contribution in [0.5, 0.6) is 5.75 Å². The van der Waals surface area contributed by atoms with Crippen LogP contribution in [-0.2, 0) is 10.1 Å². The first-order chi connectivity index (χ1) is 11.4. The summed E-state index contributed by atoms with van der Waals surface area (Å²) in [7, 11) is -4.15. The molecule has 0 aliphatic carbocycles. The van der Waals surface area contributed by atoms with Gasteiger partial charge in [0.1, 0.15) is 17.0 Å². The molecule has 1 heterocycles. The van der Waals surface area contributed by atoms with E-state index in [4.69, 9.17) is 33.1 Å². The highest BCUT2D eigenvalue weighted by Gasteiger charge is 2.20. The molecule has 0 spiro atoms. The number of nitrogens with two attached hydrogens (primary N) is 1. The Morgan fingerprint density at radius 3 is 2.46 bits per heavy atom. The third kappa shape index (κ3) is 3.28. The molecule has 0 unspecified atom stereocenters. The van der Waals surface area contributed by atoms with Crippen molar-refractivity contribution in [2.75, 3.05) is 5.73 Å². The molecular formula is C13H9Cl2N5O3S. The molecule has 11 heteroatoms. The molecule has 3 rings (SSSR count). The van der Waals surface area contributed by atoms with Gasteiger partial charge in [0.25, 0.3) is 0 Å². The lowest BCUT2D eigenvalue weighted by Gasteiger charge is -2.10. The summed E-state index contributed by atoms with van der Waals surface area (Å²) in [4.78, 5) is -0.209. The van der Waals surface area contributed by atoms with Crippen molar-refractivity contribution >= 4 is 39.0 Å². The molecule has 1 aromatic heterocycles. The second kappa shape index (κ2) is 6.27. The van der Waals surface area contributed by atoms with Gasteiger partial charge in [0.15, 0.2) is 0 Å². The first-order valence-electron chi connectivity index (χ1n) is 6.39. The molecule has 0 aliphatic heterocycles. The van der Waals surface area contributed by atoms with Gasteiger partial charge < -0.3 is 9.92 Å². The lowest BCUT2D eigenvalue weighted by Crippen LogP contribution is -2.10. The van der Waals surface area contributed by atoms with Crippen LogP contribution in [0.3, 0.4) is 0 Å². The van der Waals surface area contributed by atoms with Gasteiger partial charge in [-0.15, -0.1) is 5.10 Å². The van der Waals surface area contributed by atoms with Crippen molar-refractivity contribution in [2.45, 2.75) is 4.90 Å². The quantitative estimate of drug-likeness (QED) is 0.541. The van der Waals surface area contributed by atoms with Crippen molar-refractivity contribution < 1.29 is 12.6 Å². The molecule has 8 nitrogen and oxygen atoms in total. The summed E-state index contributed by atoms with van der Waals surface area (Å²) in [5.41, 5.74) is 6.22. The molecule has 0 saturated carbocycles. The third-order valence-electron chi connectivity index (χ3n) is 2.98. The number of tetrazole rings is 1. The number of nitrogens with zero attached hydrogens (tertiary/aromatic N) is 4. The van der Waals surface area contributed by atoms with Gasteiger partial charge in [-0.25, -0.2) is 4.68 Å². The van der Waals surface area contributed by atoms with Crippen molar-refractivity contribution in [2.24, 2.45) is 0 Å². The molecule has 0 amide bonds. The maximum Gasteiger partial charge on any atom is 0.339 e. The van der Waals surface area contributed by atoms with Crippen LogP contribution in [-0.4, -0.2) is 28.6 Å². The average Bonchev–Trinajstić information content (AvgIpc) is 3.06. The van der Waals surface area contributed by atoms with Crippen LogP contribution in [0.2, 0.25) is 10.0 Å². The standard InChI is InChI=1S/C13H9Cl2N5O3S/c14-11-5-10(6-12(15)13(11)16)24(21,22)23-9-3-1-2-8(4-9)20-7-17-18-19-20/h1-7H,16H2. The van der Waals surface area contributed by atoms with E-state index in [1.807, 2.05) is 0 Å². The Balaban J connectivity index is 1.94. The largest absolute Gasteiger partial charge is 0.396 e. The Morgan fingerprint density at radius 2 is 1.83 bits per heavy atom. The van der Waals surface area contributed by atoms with Gasteiger partial charge in [0.05, 0.1) is 21.4 Å². The molecule has 0 saturated heterocycles. The molecule has 124 valence electrons. The Bertz CT molecular complexity index is 970. The molecular weight excluding hydrogens is 377 g/mol. The van der Waals surface area contributed by atoms with Gasteiger partial charge in [-0.05, 0) is 34.7 Å². The summed E-state index contributed by atoms with van der Waals surface area (Å²) in [6.45, 7) is 0. The van der Waals surface area contributed by atoms with E-state index in [9.17, 15) is 8.42 Å². The minimum atomic E-state index is -4.15. The molecule has 0 radical (unpaired) electrons. The van der Waals surface area contributed by atoms with E-state index in [0.29, 0.717) is 5.69 Å². The van der Waals surface area contributed by atoms with Crippen LogP contribution in [0.25, 0.3) is 5.69 Å². The second-order valence-electron chi connectivity index (χ2n) is 4.59. The van der Waals surface area contributed by atoms with E-state index in [0.717, 1.165) is 0 Å². The molecule has 0 atom stereocenters. The molecule has 0 aliphatic rings. The molecule has 2 aromatic carbocycles. The molecule has 2 N–H and O–H groups in total. The van der Waals surface area contributed by atoms with Gasteiger partial charge in [-0.3, -0.25) is 0 Å². The van der Waals surface area contributed by atoms with Crippen LogP contribution < -0.4 is 9.92 Å². The summed E-state index contributed by atoms with van der Waals surface area (Å²) in [5, 5.41) is 10.8. The fourth-order valence-corrected chi connectivity index (χ4v) is 3.43. The molecule has 0 fully saturated rings. The van der Waals surface area contributed by atoms with Crippen molar-refractivity contribution in [3.63, 3.8) is 0 Å². The number of halogens is 2. The van der Waals surface area contributed by atoms with Gasteiger partial charge in [0.2, 0.25) is 0 Å². The van der Waals surface area contributed by atoms with Crippen LogP contribution in [0.15, 0.2) is 47.6 Å². The van der Waals surface area contributed by atoms with E-state index >= 15 is 0 Å². The van der Waals surface area contributed by atoms with E-state index in [2.05, 4.69) is 15.5 Å². The zero-order valence-electron chi connectivity index (χ0n) is 11.8. The average molecular weight is 386 g/mol. The summed E-state index contributed by atoms with van der Waals surface area (Å²) < 4.78 is 31.2. The fourth-order valence-electron chi connectivity index (χ4n) is 1.84. The summed E-state index contributed by atoms with van der Waals surface area (Å²) in [6.07, 6.45) is 1.37. The highest BCUT2D eigenvalue weighted by Crippen LogP contribution is 2.32. The summed E-state index contributed by atoms with van der Waals surface area (Å²) in [6, 6.07) is 8.57. The van der Waals surface area contributed by atoms with Crippen molar-refractivity contribution in [3.05, 3.63) is 52.8 Å². The smallest absolute Gasteiger partial charge is 0.339 e. The lowest BCUT2D eigenvalue weighted by molar-refractivity contribution is 0.486. The van der Waals surface area contributed by atoms with Crippen LogP contribution in [0.1, 0.15) is 0 Å². The maximum absolute atomic E-state index is 12.4. The Morgan fingerprint density at radius 1 is 1.12 bits per heavy atom. The van der Waals surface area contributed by atoms with Gasteiger partial charge in [-0.2, -0.15) is 8.42 Å². The number of benzene rings is 2. The van der Waals surface area contributed by atoms with E-state index in [1.165, 1.54) is 35.3 Å². The predicted molar refractivity (Wildman–Crippen MR) is 87.8 cm³/mol. The topological polar surface area (TPSA) is 113 Å². The zero-order chi connectivity index (χ0) is 17.3. The predicted octanol–water partition coefficient (Wildman–Crippen LogP) is 2.32. The van der Waals surface area contributed by atoms with Crippen molar-refractivity contribution in [3.8, 4) is 11.4 Å². The Hall–Kier alpha value is -2.36. The monoisotopic (exact) mass is 385 g/mol. The second-order valence-corrected chi connectivity index (χ2v) is 6.95. The first kappa shape index (κ1) is 16.5. The normalized spacial score (nSPS) is 11.4. The highest BCUT2D eigenvalue weighted by atomic mass is 35.5. The first-order valence-corrected chi connectivity index (χ1v) is 8.56. The minimum absolute atomic E-state index is 0.0205. The third-order valence-corrected chi connectivity index (χ3v) is 4.83. The number of hydrogen-bond acceptors (Lipinski definition) is 7. The van der Waals surface area contributed by atoms with Crippen molar-refractivity contribution in [1.29, 1.82) is 0 Å². The molecule has 24 heavy (non-hydrogen) atoms. The van der Waals surface area contributed by atoms with Crippen LogP contribution in [0.4, 0.5) is 5.69 Å². The number of nitrogen functional groups attached to an aromatic ring is 1. The molecule has 0 bridgehead atoms. The number of hydrogen-bond donors (Lipinski definition) is 1. The summed E-state index contributed by atoms with van der Waals surface area (Å²) >= 11 is 11.7. The fraction of sp³-hybridized carbons (Fsp3) is 0. The zero-order valence-corrected chi connectivity index (χ0v) is 14.1. The van der Waals surface area contributed by atoms with Gasteiger partial charge >= 0.3 is 10.1 Å². The van der Waals surface area contributed by atoms with E-state index < -0.39 is 10.1 Å². The van der Waals surface area contributed by atoms with Gasteiger partial charge in [-0.1, -0.05) is 29.3 Å². The number of anilines is 1. The van der Waals surface area contributed by atoms with E-state index in [1.54, 1.807) is 12.1 Å². The van der Waals surface area contributed by atoms with Crippen LogP contribution >= 0.6 is 23.2 Å². The maximum atomic E-state index is 12.4. The number of rotatable bonds is 4. The SMILES string of the molecule is Nc1c(Cl)cc(S(=O)(=O)Oc2cccc(-n3cnnn3)c2)cc1Cl. The van der Waals surface area contributed by atoms with Gasteiger partial charge in [0, 0.05) is 6.07 Å². The Labute approximate surface area is 146 Å². The van der Waals surface area contributed by atoms with Crippen molar-refractivity contribution in [1.82, 2.24) is 20.2 Å². The Kier molecular flexibility index (Phi) is 4.31.